The first-order chi connectivity index (χ1) is 8.26. The Morgan fingerprint density at radius 2 is 2.18 bits per heavy atom. The third kappa shape index (κ3) is 2.44. The number of hydrogen-bond donors (Lipinski definition) is 2. The molecule has 0 aromatic carbocycles. The highest BCUT2D eigenvalue weighted by atomic mass is 79.9. The summed E-state index contributed by atoms with van der Waals surface area (Å²) in [7, 11) is 0. The van der Waals surface area contributed by atoms with Crippen LogP contribution in [0.3, 0.4) is 0 Å². The monoisotopic (exact) mass is 296 g/mol. The van der Waals surface area contributed by atoms with Gasteiger partial charge in [0.05, 0.1) is 16.4 Å². The van der Waals surface area contributed by atoms with Gasteiger partial charge in [0.1, 0.15) is 11.5 Å². The highest BCUT2D eigenvalue weighted by Gasteiger charge is 2.13. The number of H-pyrrole nitrogens is 1. The Kier molecular flexibility index (Phi) is 3.68. The van der Waals surface area contributed by atoms with Crippen LogP contribution >= 0.6 is 15.9 Å². The van der Waals surface area contributed by atoms with Gasteiger partial charge in [0, 0.05) is 6.54 Å². The second-order valence-electron chi connectivity index (χ2n) is 3.40. The molecule has 0 bridgehead atoms. The summed E-state index contributed by atoms with van der Waals surface area (Å²) in [6.07, 6.45) is 2.44. The minimum atomic E-state index is 0.578. The summed E-state index contributed by atoms with van der Waals surface area (Å²) in [6.45, 7) is 4.88. The molecule has 2 heterocycles. The maximum atomic E-state index is 4.46. The first-order valence-corrected chi connectivity index (χ1v) is 6.22. The van der Waals surface area contributed by atoms with Crippen LogP contribution in [0.25, 0.3) is 11.5 Å². The minimum Gasteiger partial charge on any atom is -0.369 e. The highest BCUT2D eigenvalue weighted by molar-refractivity contribution is 9.10. The zero-order valence-electron chi connectivity index (χ0n) is 9.66. The quantitative estimate of drug-likeness (QED) is 0.902. The van der Waals surface area contributed by atoms with E-state index in [1.807, 2.05) is 6.92 Å². The predicted octanol–water partition coefficient (Wildman–Crippen LogP) is 2.02. The van der Waals surface area contributed by atoms with Gasteiger partial charge in [0.15, 0.2) is 5.82 Å². The van der Waals surface area contributed by atoms with Crippen LogP contribution in [-0.4, -0.2) is 31.9 Å². The van der Waals surface area contributed by atoms with E-state index >= 15 is 0 Å². The number of aromatic amines is 1. The van der Waals surface area contributed by atoms with E-state index in [1.165, 1.54) is 0 Å². The van der Waals surface area contributed by atoms with Gasteiger partial charge in [0.2, 0.25) is 0 Å². The summed E-state index contributed by atoms with van der Waals surface area (Å²) < 4.78 is 0.911. The van der Waals surface area contributed by atoms with E-state index in [-0.39, 0.29) is 0 Å². The van der Waals surface area contributed by atoms with Gasteiger partial charge in [0.25, 0.3) is 0 Å². The Balaban J connectivity index is 2.50. The van der Waals surface area contributed by atoms with E-state index in [2.05, 4.69) is 53.5 Å². The Morgan fingerprint density at radius 3 is 2.76 bits per heavy atom. The fourth-order valence-corrected chi connectivity index (χ4v) is 2.03. The lowest BCUT2D eigenvalue weighted by Crippen LogP contribution is -2.06. The van der Waals surface area contributed by atoms with Crippen molar-refractivity contribution in [2.75, 3.05) is 11.9 Å². The van der Waals surface area contributed by atoms with E-state index in [0.717, 1.165) is 29.0 Å². The Morgan fingerprint density at radius 1 is 1.35 bits per heavy atom. The van der Waals surface area contributed by atoms with Crippen molar-refractivity contribution in [2.45, 2.75) is 20.3 Å². The molecular formula is C10H13BrN6. The second-order valence-corrected chi connectivity index (χ2v) is 4.19. The molecule has 7 heteroatoms. The van der Waals surface area contributed by atoms with Crippen LogP contribution in [0, 0.1) is 0 Å². The molecule has 2 N–H and O–H groups in total. The van der Waals surface area contributed by atoms with Crippen molar-refractivity contribution in [3.63, 3.8) is 0 Å². The SMILES string of the molecule is CCNc1nc(-c2cn[nH]n2)nc(CC)c1Br. The summed E-state index contributed by atoms with van der Waals surface area (Å²) in [5.41, 5.74) is 1.60. The average molecular weight is 297 g/mol. The molecule has 0 aliphatic heterocycles. The van der Waals surface area contributed by atoms with Gasteiger partial charge in [-0.2, -0.15) is 15.4 Å². The van der Waals surface area contributed by atoms with E-state index in [0.29, 0.717) is 11.5 Å². The Bertz CT molecular complexity index is 496. The molecular weight excluding hydrogens is 284 g/mol. The van der Waals surface area contributed by atoms with Gasteiger partial charge in [-0.05, 0) is 29.3 Å². The fraction of sp³-hybridized carbons (Fsp3) is 0.400. The van der Waals surface area contributed by atoms with Gasteiger partial charge < -0.3 is 5.32 Å². The molecule has 0 amide bonds. The van der Waals surface area contributed by atoms with Crippen molar-refractivity contribution in [2.24, 2.45) is 0 Å². The van der Waals surface area contributed by atoms with Crippen LogP contribution in [0.5, 0.6) is 0 Å². The van der Waals surface area contributed by atoms with E-state index in [9.17, 15) is 0 Å². The number of hydrogen-bond acceptors (Lipinski definition) is 5. The number of halogens is 1. The lowest BCUT2D eigenvalue weighted by Gasteiger charge is -2.09. The first kappa shape index (κ1) is 12.0. The topological polar surface area (TPSA) is 79.4 Å². The smallest absolute Gasteiger partial charge is 0.184 e. The molecule has 0 aliphatic rings. The van der Waals surface area contributed by atoms with Crippen LogP contribution in [0.1, 0.15) is 19.5 Å². The number of nitrogens with one attached hydrogen (secondary N) is 2. The normalized spacial score (nSPS) is 10.5. The van der Waals surface area contributed by atoms with Gasteiger partial charge in [-0.15, -0.1) is 0 Å². The van der Waals surface area contributed by atoms with E-state index in [4.69, 9.17) is 0 Å². The lowest BCUT2D eigenvalue weighted by atomic mass is 10.3. The molecule has 0 spiro atoms. The van der Waals surface area contributed by atoms with Crippen LogP contribution in [0.15, 0.2) is 10.7 Å². The molecule has 6 nitrogen and oxygen atoms in total. The summed E-state index contributed by atoms with van der Waals surface area (Å²) in [4.78, 5) is 8.88. The summed E-state index contributed by atoms with van der Waals surface area (Å²) in [5.74, 6) is 1.37. The first-order valence-electron chi connectivity index (χ1n) is 5.42. The molecule has 2 aromatic rings. The zero-order chi connectivity index (χ0) is 12.3. The third-order valence-corrected chi connectivity index (χ3v) is 3.08. The fourth-order valence-electron chi connectivity index (χ4n) is 1.44. The number of aromatic nitrogens is 5. The number of aryl methyl sites for hydroxylation is 1. The molecule has 0 aliphatic carbocycles. The molecule has 0 unspecified atom stereocenters. The molecule has 17 heavy (non-hydrogen) atoms. The second kappa shape index (κ2) is 5.22. The third-order valence-electron chi connectivity index (χ3n) is 2.24. The summed E-state index contributed by atoms with van der Waals surface area (Å²) in [5, 5.41) is 13.5. The van der Waals surface area contributed by atoms with Crippen molar-refractivity contribution in [3.8, 4) is 11.5 Å². The average Bonchev–Trinajstić information content (AvgIpc) is 2.85. The maximum absolute atomic E-state index is 4.46. The molecule has 90 valence electrons. The molecule has 0 saturated heterocycles. The standard InChI is InChI=1S/C10H13BrN6/c1-3-6-8(11)10(12-4-2)15-9(14-6)7-5-13-17-16-7/h5H,3-4H2,1-2H3,(H,12,14,15)(H,13,16,17). The summed E-state index contributed by atoms with van der Waals surface area (Å²) >= 11 is 3.51. The van der Waals surface area contributed by atoms with Crippen LogP contribution < -0.4 is 5.32 Å². The summed E-state index contributed by atoms with van der Waals surface area (Å²) in [6, 6.07) is 0. The van der Waals surface area contributed by atoms with Gasteiger partial charge >= 0.3 is 0 Å². The van der Waals surface area contributed by atoms with Crippen molar-refractivity contribution < 1.29 is 0 Å². The van der Waals surface area contributed by atoms with Crippen LogP contribution in [-0.2, 0) is 6.42 Å². The number of anilines is 1. The van der Waals surface area contributed by atoms with Crippen LogP contribution in [0.4, 0.5) is 5.82 Å². The molecule has 0 fully saturated rings. The largest absolute Gasteiger partial charge is 0.369 e. The van der Waals surface area contributed by atoms with Crippen molar-refractivity contribution in [3.05, 3.63) is 16.4 Å². The van der Waals surface area contributed by atoms with Crippen molar-refractivity contribution in [1.82, 2.24) is 25.4 Å². The minimum absolute atomic E-state index is 0.578. The molecule has 0 atom stereocenters. The highest BCUT2D eigenvalue weighted by Crippen LogP contribution is 2.26. The van der Waals surface area contributed by atoms with Crippen molar-refractivity contribution in [1.29, 1.82) is 0 Å². The van der Waals surface area contributed by atoms with Crippen molar-refractivity contribution >= 4 is 21.7 Å². The maximum Gasteiger partial charge on any atom is 0.184 e. The lowest BCUT2D eigenvalue weighted by molar-refractivity contribution is 0.931. The number of nitrogens with zero attached hydrogens (tertiary/aromatic N) is 4. The Labute approximate surface area is 107 Å². The molecule has 2 rings (SSSR count). The van der Waals surface area contributed by atoms with Gasteiger partial charge in [-0.1, -0.05) is 6.92 Å². The number of rotatable bonds is 4. The van der Waals surface area contributed by atoms with Gasteiger partial charge in [-0.3, -0.25) is 0 Å². The van der Waals surface area contributed by atoms with E-state index in [1.54, 1.807) is 6.20 Å². The van der Waals surface area contributed by atoms with Gasteiger partial charge in [-0.25, -0.2) is 9.97 Å². The predicted molar refractivity (Wildman–Crippen MR) is 68.7 cm³/mol. The zero-order valence-corrected chi connectivity index (χ0v) is 11.2. The van der Waals surface area contributed by atoms with E-state index < -0.39 is 0 Å². The van der Waals surface area contributed by atoms with Crippen LogP contribution in [0.2, 0.25) is 0 Å². The Hall–Kier alpha value is -1.50. The molecule has 2 aromatic heterocycles. The molecule has 0 saturated carbocycles. The molecule has 0 radical (unpaired) electrons.